The number of aromatic nitrogens is 1. The van der Waals surface area contributed by atoms with E-state index in [-0.39, 0.29) is 5.91 Å². The molecular weight excluding hydrogens is 226 g/mol. The molecule has 0 aliphatic heterocycles. The maximum absolute atomic E-state index is 12.5. The van der Waals surface area contributed by atoms with Crippen molar-refractivity contribution < 1.29 is 4.79 Å². The van der Waals surface area contributed by atoms with Gasteiger partial charge < -0.3 is 10.2 Å². The van der Waals surface area contributed by atoms with Crippen molar-refractivity contribution in [3.63, 3.8) is 0 Å². The van der Waals surface area contributed by atoms with E-state index in [1.165, 1.54) is 12.8 Å². The number of anilines is 1. The lowest BCUT2D eigenvalue weighted by Crippen LogP contribution is -2.38. The van der Waals surface area contributed by atoms with E-state index in [0.717, 1.165) is 30.8 Å². The Morgan fingerprint density at radius 3 is 2.83 bits per heavy atom. The van der Waals surface area contributed by atoms with E-state index in [1.54, 1.807) is 12.3 Å². The van der Waals surface area contributed by atoms with E-state index in [1.807, 2.05) is 18.0 Å². The van der Waals surface area contributed by atoms with Gasteiger partial charge in [0.15, 0.2) is 0 Å². The van der Waals surface area contributed by atoms with Crippen molar-refractivity contribution in [2.45, 2.75) is 38.6 Å². The van der Waals surface area contributed by atoms with Crippen molar-refractivity contribution in [1.82, 2.24) is 9.88 Å². The Labute approximate surface area is 108 Å². The zero-order valence-electron chi connectivity index (χ0n) is 11.1. The zero-order valence-corrected chi connectivity index (χ0v) is 11.1. The monoisotopic (exact) mass is 247 g/mol. The molecule has 0 radical (unpaired) electrons. The third kappa shape index (κ3) is 2.63. The normalized spacial score (nSPS) is 15.7. The standard InChI is InChI=1S/C14H21N3O/c1-3-17(12-6-4-5-7-12)14(18)11-8-9-16-13(10-11)15-2/h8-10,12H,3-7H2,1-2H3,(H,15,16). The van der Waals surface area contributed by atoms with Crippen molar-refractivity contribution in [2.24, 2.45) is 0 Å². The van der Waals surface area contributed by atoms with E-state index in [9.17, 15) is 4.79 Å². The lowest BCUT2D eigenvalue weighted by molar-refractivity contribution is 0.0693. The predicted molar refractivity (Wildman–Crippen MR) is 72.8 cm³/mol. The van der Waals surface area contributed by atoms with Crippen LogP contribution in [-0.4, -0.2) is 35.4 Å². The second-order valence-electron chi connectivity index (χ2n) is 4.71. The van der Waals surface area contributed by atoms with E-state index in [4.69, 9.17) is 0 Å². The number of hydrogen-bond donors (Lipinski definition) is 1. The summed E-state index contributed by atoms with van der Waals surface area (Å²) in [6.45, 7) is 2.83. The highest BCUT2D eigenvalue weighted by Crippen LogP contribution is 2.24. The summed E-state index contributed by atoms with van der Waals surface area (Å²) < 4.78 is 0. The average molecular weight is 247 g/mol. The van der Waals surface area contributed by atoms with Crippen LogP contribution in [0.2, 0.25) is 0 Å². The van der Waals surface area contributed by atoms with Crippen LogP contribution in [0.1, 0.15) is 43.0 Å². The smallest absolute Gasteiger partial charge is 0.254 e. The Hall–Kier alpha value is -1.58. The Morgan fingerprint density at radius 2 is 2.22 bits per heavy atom. The van der Waals surface area contributed by atoms with Gasteiger partial charge in [0.25, 0.3) is 5.91 Å². The molecule has 1 aliphatic rings. The molecule has 1 fully saturated rings. The molecule has 1 aromatic rings. The van der Waals surface area contributed by atoms with Crippen LogP contribution in [0.5, 0.6) is 0 Å². The third-order valence-electron chi connectivity index (χ3n) is 3.63. The van der Waals surface area contributed by atoms with Gasteiger partial charge >= 0.3 is 0 Å². The average Bonchev–Trinajstić information content (AvgIpc) is 2.93. The molecule has 0 unspecified atom stereocenters. The van der Waals surface area contributed by atoms with Crippen LogP contribution in [-0.2, 0) is 0 Å². The topological polar surface area (TPSA) is 45.2 Å². The van der Waals surface area contributed by atoms with Crippen LogP contribution in [0.25, 0.3) is 0 Å². The largest absolute Gasteiger partial charge is 0.373 e. The fraction of sp³-hybridized carbons (Fsp3) is 0.571. The molecule has 1 aromatic heterocycles. The molecule has 4 heteroatoms. The minimum Gasteiger partial charge on any atom is -0.373 e. The SMILES string of the molecule is CCN(C(=O)c1ccnc(NC)c1)C1CCCC1. The summed E-state index contributed by atoms with van der Waals surface area (Å²) in [5, 5.41) is 2.97. The van der Waals surface area contributed by atoms with Gasteiger partial charge in [-0.05, 0) is 31.9 Å². The number of hydrogen-bond acceptors (Lipinski definition) is 3. The van der Waals surface area contributed by atoms with Crippen LogP contribution in [0.15, 0.2) is 18.3 Å². The molecule has 1 saturated carbocycles. The van der Waals surface area contributed by atoms with Gasteiger partial charge in [-0.3, -0.25) is 4.79 Å². The van der Waals surface area contributed by atoms with Crippen molar-refractivity contribution in [1.29, 1.82) is 0 Å². The molecule has 1 aliphatic carbocycles. The van der Waals surface area contributed by atoms with E-state index < -0.39 is 0 Å². The highest BCUT2D eigenvalue weighted by Gasteiger charge is 2.26. The Morgan fingerprint density at radius 1 is 1.50 bits per heavy atom. The lowest BCUT2D eigenvalue weighted by atomic mass is 10.1. The molecule has 1 heterocycles. The number of amides is 1. The van der Waals surface area contributed by atoms with Crippen LogP contribution in [0.4, 0.5) is 5.82 Å². The first kappa shape index (κ1) is 12.9. The van der Waals surface area contributed by atoms with Gasteiger partial charge in [-0.25, -0.2) is 4.98 Å². The molecule has 1 N–H and O–H groups in total. The summed E-state index contributed by atoms with van der Waals surface area (Å²) in [6, 6.07) is 4.04. The molecule has 0 atom stereocenters. The predicted octanol–water partition coefficient (Wildman–Crippen LogP) is 2.53. The van der Waals surface area contributed by atoms with Crippen LogP contribution < -0.4 is 5.32 Å². The second kappa shape index (κ2) is 5.85. The summed E-state index contributed by atoms with van der Waals surface area (Å²) in [7, 11) is 1.81. The number of nitrogens with one attached hydrogen (secondary N) is 1. The maximum Gasteiger partial charge on any atom is 0.254 e. The van der Waals surface area contributed by atoms with E-state index >= 15 is 0 Å². The minimum absolute atomic E-state index is 0.128. The van der Waals surface area contributed by atoms with Crippen LogP contribution >= 0.6 is 0 Å². The molecule has 0 aromatic carbocycles. The summed E-state index contributed by atoms with van der Waals surface area (Å²) in [4.78, 5) is 18.6. The lowest BCUT2D eigenvalue weighted by Gasteiger charge is -2.27. The number of rotatable bonds is 4. The van der Waals surface area contributed by atoms with Gasteiger partial charge in [0, 0.05) is 31.4 Å². The highest BCUT2D eigenvalue weighted by molar-refractivity contribution is 5.95. The fourth-order valence-electron chi connectivity index (χ4n) is 2.65. The highest BCUT2D eigenvalue weighted by atomic mass is 16.2. The summed E-state index contributed by atoms with van der Waals surface area (Å²) in [5.41, 5.74) is 0.725. The van der Waals surface area contributed by atoms with Gasteiger partial charge in [0.2, 0.25) is 0 Å². The van der Waals surface area contributed by atoms with Crippen molar-refractivity contribution in [2.75, 3.05) is 18.9 Å². The first-order valence-corrected chi connectivity index (χ1v) is 6.71. The van der Waals surface area contributed by atoms with Crippen LogP contribution in [0, 0.1) is 0 Å². The quantitative estimate of drug-likeness (QED) is 0.889. The molecule has 18 heavy (non-hydrogen) atoms. The van der Waals surface area contributed by atoms with Gasteiger partial charge in [0.1, 0.15) is 5.82 Å². The molecule has 2 rings (SSSR count). The van der Waals surface area contributed by atoms with Crippen molar-refractivity contribution >= 4 is 11.7 Å². The summed E-state index contributed by atoms with van der Waals surface area (Å²) >= 11 is 0. The Kier molecular flexibility index (Phi) is 4.18. The van der Waals surface area contributed by atoms with Crippen molar-refractivity contribution in [3.05, 3.63) is 23.9 Å². The van der Waals surface area contributed by atoms with E-state index in [0.29, 0.717) is 6.04 Å². The number of nitrogens with zero attached hydrogens (tertiary/aromatic N) is 2. The van der Waals surface area contributed by atoms with Gasteiger partial charge in [0.05, 0.1) is 0 Å². The maximum atomic E-state index is 12.5. The van der Waals surface area contributed by atoms with Crippen LogP contribution in [0.3, 0.4) is 0 Å². The van der Waals surface area contributed by atoms with Crippen molar-refractivity contribution in [3.8, 4) is 0 Å². The zero-order chi connectivity index (χ0) is 13.0. The summed E-state index contributed by atoms with van der Waals surface area (Å²) in [6.07, 6.45) is 6.45. The first-order chi connectivity index (χ1) is 8.76. The molecule has 4 nitrogen and oxygen atoms in total. The van der Waals surface area contributed by atoms with Gasteiger partial charge in [-0.15, -0.1) is 0 Å². The molecular formula is C14H21N3O. The number of carbonyl (C=O) groups excluding carboxylic acids is 1. The molecule has 0 spiro atoms. The molecule has 1 amide bonds. The summed E-state index contributed by atoms with van der Waals surface area (Å²) in [5.74, 6) is 0.867. The molecule has 0 bridgehead atoms. The van der Waals surface area contributed by atoms with Gasteiger partial charge in [-0.1, -0.05) is 12.8 Å². The van der Waals surface area contributed by atoms with Gasteiger partial charge in [-0.2, -0.15) is 0 Å². The minimum atomic E-state index is 0.128. The fourth-order valence-corrected chi connectivity index (χ4v) is 2.65. The first-order valence-electron chi connectivity index (χ1n) is 6.71. The number of carbonyl (C=O) groups is 1. The third-order valence-corrected chi connectivity index (χ3v) is 3.63. The Balaban J connectivity index is 2.16. The molecule has 98 valence electrons. The number of pyridine rings is 1. The van der Waals surface area contributed by atoms with E-state index in [2.05, 4.69) is 17.2 Å². The Bertz CT molecular complexity index is 413. The molecule has 0 saturated heterocycles. The second-order valence-corrected chi connectivity index (χ2v) is 4.71.